The van der Waals surface area contributed by atoms with Crippen LogP contribution in [0, 0.1) is 41.5 Å². The van der Waals surface area contributed by atoms with Crippen molar-refractivity contribution in [1.29, 1.82) is 0 Å². The number of furan rings is 6. The number of rotatable bonds is 6. The first kappa shape index (κ1) is 91.1. The molecule has 1 aliphatic rings. The van der Waals surface area contributed by atoms with Gasteiger partial charge in [0.05, 0.1) is 102 Å². The summed E-state index contributed by atoms with van der Waals surface area (Å²) >= 11 is 0. The number of aromatic nitrogens is 16. The molecule has 29 aromatic rings. The predicted molar refractivity (Wildman–Crippen MR) is 591 cm³/mol. The zero-order chi connectivity index (χ0) is 101. The molecule has 1 aliphatic heterocycles. The van der Waals surface area contributed by atoms with Crippen LogP contribution in [0.2, 0.25) is 0 Å². The first-order valence-corrected chi connectivity index (χ1v) is 49.6. The molecule has 0 radical (unpaired) electrons. The van der Waals surface area contributed by atoms with Gasteiger partial charge in [-0.25, -0.2) is 43.6 Å². The fourth-order valence-electron chi connectivity index (χ4n) is 21.1. The predicted octanol–water partition coefficient (Wildman–Crippen LogP) is 26.3. The maximum Gasteiger partial charge on any atom is 0.334 e. The number of nitrogens with zero attached hydrogens (tertiary/aromatic N) is 18. The van der Waals surface area contributed by atoms with Crippen LogP contribution in [0.15, 0.2) is 380 Å². The van der Waals surface area contributed by atoms with Crippen molar-refractivity contribution in [3.05, 3.63) is 387 Å². The quantitative estimate of drug-likeness (QED) is 0.141. The highest BCUT2D eigenvalue weighted by atomic mass is 16.4. The number of anilines is 1. The highest BCUT2D eigenvalue weighted by Gasteiger charge is 2.32. The molecule has 30 rings (SSSR count). The Labute approximate surface area is 853 Å². The fourth-order valence-corrected chi connectivity index (χ4v) is 21.1. The number of pyridine rings is 6. The van der Waals surface area contributed by atoms with Crippen molar-refractivity contribution in [3.8, 4) is 51.0 Å². The minimum Gasteiger partial charge on any atom is -0.437 e. The first-order chi connectivity index (χ1) is 72.6. The number of hydrogen-bond donors (Lipinski definition) is 0. The Morgan fingerprint density at radius 3 is 1.05 bits per heavy atom. The van der Waals surface area contributed by atoms with Crippen LogP contribution in [-0.4, -0.2) is 72.3 Å². The van der Waals surface area contributed by atoms with Gasteiger partial charge in [-0.05, 0) is 177 Å². The van der Waals surface area contributed by atoms with Gasteiger partial charge in [-0.15, -0.1) is 9.36 Å². The smallest absolute Gasteiger partial charge is 0.334 e. The summed E-state index contributed by atoms with van der Waals surface area (Å²) in [5.74, 6) is 2.00. The molecule has 1 atom stereocenters. The topological polar surface area (TPSA) is 231 Å². The lowest BCUT2D eigenvalue weighted by atomic mass is 10.0. The molecule has 722 valence electrons. The van der Waals surface area contributed by atoms with Crippen molar-refractivity contribution in [2.45, 2.75) is 54.6 Å². The molecule has 0 saturated carbocycles. The normalized spacial score (nSPS) is 12.6. The first-order valence-electron chi connectivity index (χ1n) is 49.6. The van der Waals surface area contributed by atoms with Crippen LogP contribution in [0.1, 0.15) is 40.3 Å². The average Bonchev–Trinajstić information content (AvgIpc) is 1.62. The Kier molecular flexibility index (Phi) is 22.4. The van der Waals surface area contributed by atoms with Gasteiger partial charge in [0.1, 0.15) is 42.9 Å². The Balaban J connectivity index is 0.0000000927. The summed E-state index contributed by atoms with van der Waals surface area (Å²) in [5.41, 5.74) is 30.5. The zero-order valence-electron chi connectivity index (χ0n) is 84.6. The summed E-state index contributed by atoms with van der Waals surface area (Å²) in [4.78, 5) is 41.6. The molecule has 0 amide bonds. The van der Waals surface area contributed by atoms with Crippen molar-refractivity contribution >= 4 is 204 Å². The molecule has 0 saturated heterocycles. The third-order valence-corrected chi connectivity index (χ3v) is 29.0. The largest absolute Gasteiger partial charge is 0.437 e. The highest BCUT2D eigenvalue weighted by molar-refractivity contribution is 6.17. The van der Waals surface area contributed by atoms with Gasteiger partial charge in [0, 0.05) is 135 Å². The molecule has 0 bridgehead atoms. The van der Waals surface area contributed by atoms with Crippen LogP contribution in [0.3, 0.4) is 0 Å². The van der Waals surface area contributed by atoms with E-state index in [0.29, 0.717) is 34.3 Å². The maximum atomic E-state index is 6.27. The Hall–Kier alpha value is -19.1. The van der Waals surface area contributed by atoms with Crippen molar-refractivity contribution in [3.63, 3.8) is 0 Å². The summed E-state index contributed by atoms with van der Waals surface area (Å²) in [5, 5.41) is 24.0. The van der Waals surface area contributed by atoms with E-state index in [2.05, 4.69) is 289 Å². The van der Waals surface area contributed by atoms with E-state index in [4.69, 9.17) is 56.4 Å². The van der Waals surface area contributed by atoms with Gasteiger partial charge in [-0.2, -0.15) is 4.57 Å². The maximum absolute atomic E-state index is 6.27. The van der Waals surface area contributed by atoms with Gasteiger partial charge in [-0.3, -0.25) is 4.98 Å². The van der Waals surface area contributed by atoms with Gasteiger partial charge < -0.3 is 36.3 Å². The average molecular weight is 1950 g/mol. The lowest BCUT2D eigenvalue weighted by Gasteiger charge is -2.28. The molecular formula is C125H101N18O6+5. The van der Waals surface area contributed by atoms with Gasteiger partial charge in [0.15, 0.2) is 65.7 Å². The van der Waals surface area contributed by atoms with E-state index in [-0.39, 0.29) is 6.17 Å². The zero-order valence-corrected chi connectivity index (χ0v) is 84.6. The molecular weight excluding hydrogens is 1850 g/mol. The van der Waals surface area contributed by atoms with Crippen LogP contribution in [-0.2, 0) is 42.3 Å². The Morgan fingerprint density at radius 2 is 0.664 bits per heavy atom. The third kappa shape index (κ3) is 15.8. The van der Waals surface area contributed by atoms with E-state index >= 15 is 0 Å². The van der Waals surface area contributed by atoms with Crippen molar-refractivity contribution in [2.24, 2.45) is 42.3 Å². The lowest BCUT2D eigenvalue weighted by molar-refractivity contribution is -0.744. The van der Waals surface area contributed by atoms with E-state index in [1.807, 2.05) is 207 Å². The number of hydrogen-bond acceptors (Lipinski definition) is 17. The van der Waals surface area contributed by atoms with Gasteiger partial charge >= 0.3 is 5.82 Å². The monoisotopic (exact) mass is 1950 g/mol. The SMILES string of the molecule is Cc1ccc2c(oc3nc4ccccc4cc32)c1-c1cccn[n+]1C.Cc1ccc2c(oc3nc4ccccc4cc32)c1-c1cncc[n+]1C.Cc1ccc2c(oc3nc4ccccc4cc32)c1-c1n(C)cc[n+]1C.Cc1ccc2c(oc3nc4ccccc4cc32)c1-c1nccc[n+]1C.Cc1ccc2c(oc3nc4ccccc4cc32)c1-n1ccc[n+]1C.Cc1ccc2c(oc3nc4ccccc4cc32)c1N1C=CN(C)[C@@H]1C. The minimum atomic E-state index is 0.254. The summed E-state index contributed by atoms with van der Waals surface area (Å²) in [6.07, 6.45) is 23.8. The van der Waals surface area contributed by atoms with Gasteiger partial charge in [0.25, 0.3) is 5.82 Å². The number of para-hydroxylation sites is 6. The standard InChI is InChI=1S/C21H18N3O.C21H19N3O.3C21H16N3O.C20H16N3O/c1-13-8-9-15-16-12-14-6-4-5-7-17(14)22-20(16)25-19(15)18(13)21-23(2)10-11-24(21)3;1-13-8-9-16-17-12-15-6-4-5-7-18(15)22-21(17)25-20(16)19(13)24-11-10-23(3)14(24)2;1-13-8-9-15-16-12-14-6-3-4-7-17(14)23-21(16)25-19(15)18(13)20-22-10-5-11-24(20)2;1-13-9-10-15-16-12-14-6-3-4-7-17(14)23-21(16)25-20(15)19(13)18-8-5-11-22-24(18)2;1-13-7-8-15-16-11-14-5-3-4-6-17(14)23-21(16)25-20(15)19(13)18-12-22-9-10-24(18)2;1-13-8-9-15-16-12-14-6-3-4-7-17(14)21-20(16)24-19(15)18(13)23-11-5-10-22(23)2/h4-12H,1-3H3;4-12,14H,1-3H3;3*3-12H,1-2H3;3-12H,1-2H3/q+1;;4*+1/t;14-;;;;/m.0..../s1. The third-order valence-electron chi connectivity index (χ3n) is 29.0. The van der Waals surface area contributed by atoms with E-state index < -0.39 is 0 Å². The Morgan fingerprint density at radius 1 is 0.295 bits per heavy atom. The van der Waals surface area contributed by atoms with Gasteiger partial charge in [-0.1, -0.05) is 181 Å². The van der Waals surface area contributed by atoms with E-state index in [1.54, 1.807) is 12.4 Å². The molecule has 0 spiro atoms. The summed E-state index contributed by atoms with van der Waals surface area (Å²) in [6, 6.07) is 95.3. The summed E-state index contributed by atoms with van der Waals surface area (Å²) in [6.45, 7) is 14.8. The second-order valence-corrected chi connectivity index (χ2v) is 38.5. The summed E-state index contributed by atoms with van der Waals surface area (Å²) in [7, 11) is 14.2. The number of benzene rings is 12. The van der Waals surface area contributed by atoms with Gasteiger partial charge in [0.2, 0.25) is 45.7 Å². The molecule has 24 nitrogen and oxygen atoms in total. The summed E-state index contributed by atoms with van der Waals surface area (Å²) < 4.78 is 51.7. The van der Waals surface area contributed by atoms with Crippen LogP contribution in [0.4, 0.5) is 5.69 Å². The second kappa shape index (κ2) is 36.6. The van der Waals surface area contributed by atoms with E-state index in [9.17, 15) is 0 Å². The molecule has 24 heteroatoms. The lowest BCUT2D eigenvalue weighted by Crippen LogP contribution is -2.37. The van der Waals surface area contributed by atoms with Crippen LogP contribution in [0.25, 0.3) is 249 Å². The molecule has 149 heavy (non-hydrogen) atoms. The van der Waals surface area contributed by atoms with Crippen molar-refractivity contribution in [1.82, 2.24) is 59.1 Å². The molecule has 0 aliphatic carbocycles. The molecule has 12 aromatic carbocycles. The van der Waals surface area contributed by atoms with Crippen LogP contribution < -0.4 is 28.0 Å². The van der Waals surface area contributed by atoms with Crippen LogP contribution in [0.5, 0.6) is 0 Å². The highest BCUT2D eigenvalue weighted by Crippen LogP contribution is 2.46. The van der Waals surface area contributed by atoms with Crippen molar-refractivity contribution < 1.29 is 49.6 Å². The van der Waals surface area contributed by atoms with Crippen molar-refractivity contribution in [2.75, 3.05) is 11.9 Å². The number of imidazole rings is 1. The number of aryl methyl sites for hydroxylation is 12. The van der Waals surface area contributed by atoms with Crippen LogP contribution >= 0.6 is 0 Å². The van der Waals surface area contributed by atoms with E-state index in [0.717, 1.165) is 242 Å². The Bertz CT molecular complexity index is 10000. The molecule has 0 fully saturated rings. The molecule has 17 aromatic heterocycles. The minimum absolute atomic E-state index is 0.254. The molecule has 0 unspecified atom stereocenters. The number of fused-ring (bicyclic) bond motifs is 24. The van der Waals surface area contributed by atoms with E-state index in [1.165, 1.54) is 11.1 Å². The molecule has 18 heterocycles. The molecule has 0 N–H and O–H groups in total. The fraction of sp³-hybridized carbons (Fsp3) is 0.120. The second-order valence-electron chi connectivity index (χ2n) is 38.5.